The maximum Gasteiger partial charge on any atom is 0.282 e. The fourth-order valence-electron chi connectivity index (χ4n) is 4.30. The third kappa shape index (κ3) is 5.37. The van der Waals surface area contributed by atoms with E-state index in [0.717, 1.165) is 25.5 Å². The Hall–Kier alpha value is -3.49. The number of halogens is 2. The molecule has 0 atom stereocenters. The average molecular weight is 635 g/mol. The highest BCUT2D eigenvalue weighted by Gasteiger charge is 2.14. The van der Waals surface area contributed by atoms with Gasteiger partial charge in [0.1, 0.15) is 12.4 Å². The summed E-state index contributed by atoms with van der Waals surface area (Å²) in [5.41, 5.74) is 2.27. The van der Waals surface area contributed by atoms with Crippen LogP contribution >= 0.6 is 31.9 Å². The molecule has 5 aromatic rings. The molecule has 0 fully saturated rings. The van der Waals surface area contributed by atoms with Crippen LogP contribution in [0, 0.1) is 0 Å². The van der Waals surface area contributed by atoms with Crippen molar-refractivity contribution in [3.8, 4) is 11.5 Å². The summed E-state index contributed by atoms with van der Waals surface area (Å²) in [5.74, 6) is 1.79. The van der Waals surface area contributed by atoms with Crippen molar-refractivity contribution >= 4 is 59.7 Å². The van der Waals surface area contributed by atoms with Crippen molar-refractivity contribution in [3.05, 3.63) is 109 Å². The third-order valence-electron chi connectivity index (χ3n) is 6.10. The van der Waals surface area contributed by atoms with Gasteiger partial charge >= 0.3 is 0 Å². The van der Waals surface area contributed by atoms with Crippen LogP contribution in [0.3, 0.4) is 0 Å². The van der Waals surface area contributed by atoms with E-state index in [4.69, 9.17) is 9.47 Å². The van der Waals surface area contributed by atoms with Crippen molar-refractivity contribution < 1.29 is 9.47 Å². The van der Waals surface area contributed by atoms with E-state index in [-0.39, 0.29) is 5.56 Å². The monoisotopic (exact) mass is 633 g/mol. The molecule has 0 aliphatic carbocycles. The Balaban J connectivity index is 1.47. The van der Waals surface area contributed by atoms with E-state index in [1.165, 1.54) is 10.1 Å². The number of aromatic nitrogens is 2. The molecule has 0 saturated heterocycles. The minimum absolute atomic E-state index is 0.219. The Morgan fingerprint density at radius 1 is 0.947 bits per heavy atom. The summed E-state index contributed by atoms with van der Waals surface area (Å²) in [6, 6.07) is 23.7. The molecule has 6 nitrogen and oxygen atoms in total. The molecule has 0 saturated carbocycles. The van der Waals surface area contributed by atoms with E-state index in [2.05, 4.69) is 66.2 Å². The molecule has 8 heteroatoms. The third-order valence-corrected chi connectivity index (χ3v) is 7.18. The summed E-state index contributed by atoms with van der Waals surface area (Å²) < 4.78 is 15.1. The summed E-state index contributed by atoms with van der Waals surface area (Å²) in [5, 5.41) is 7.33. The first-order valence-electron chi connectivity index (χ1n) is 12.3. The van der Waals surface area contributed by atoms with Crippen LogP contribution in [0.1, 0.15) is 30.8 Å². The lowest BCUT2D eigenvalue weighted by Gasteiger charge is -2.15. The highest BCUT2D eigenvalue weighted by molar-refractivity contribution is 9.10. The van der Waals surface area contributed by atoms with Gasteiger partial charge in [-0.3, -0.25) is 4.79 Å². The first kappa shape index (κ1) is 26.1. The fourth-order valence-corrected chi connectivity index (χ4v) is 5.24. The maximum absolute atomic E-state index is 13.2. The first-order chi connectivity index (χ1) is 18.5. The van der Waals surface area contributed by atoms with Crippen molar-refractivity contribution in [2.75, 3.05) is 6.61 Å². The Morgan fingerprint density at radius 3 is 2.58 bits per heavy atom. The van der Waals surface area contributed by atoms with E-state index >= 15 is 0 Å². The second-order valence-corrected chi connectivity index (χ2v) is 10.4. The minimum Gasteiger partial charge on any atom is -0.490 e. The van der Waals surface area contributed by atoms with Gasteiger partial charge in [0.25, 0.3) is 5.56 Å². The van der Waals surface area contributed by atoms with E-state index in [0.29, 0.717) is 47.9 Å². The van der Waals surface area contributed by atoms with Crippen molar-refractivity contribution in [1.82, 2.24) is 9.66 Å². The molecule has 4 aromatic carbocycles. The van der Waals surface area contributed by atoms with Gasteiger partial charge in [-0.25, -0.2) is 4.98 Å². The molecule has 0 spiro atoms. The zero-order chi connectivity index (χ0) is 26.6. The number of benzene rings is 4. The van der Waals surface area contributed by atoms with Crippen LogP contribution in [0.4, 0.5) is 0 Å². The quantitative estimate of drug-likeness (QED) is 0.166. The summed E-state index contributed by atoms with van der Waals surface area (Å²) >= 11 is 7.08. The Morgan fingerprint density at radius 2 is 1.76 bits per heavy atom. The molecule has 0 amide bonds. The summed E-state index contributed by atoms with van der Waals surface area (Å²) in [4.78, 5) is 17.9. The molecule has 1 heterocycles. The lowest BCUT2D eigenvalue weighted by atomic mass is 10.1. The van der Waals surface area contributed by atoms with Gasteiger partial charge in [0.15, 0.2) is 11.5 Å². The van der Waals surface area contributed by atoms with Gasteiger partial charge in [0.2, 0.25) is 0 Å². The van der Waals surface area contributed by atoms with Gasteiger partial charge < -0.3 is 9.47 Å². The van der Waals surface area contributed by atoms with Crippen molar-refractivity contribution in [1.29, 1.82) is 0 Å². The summed E-state index contributed by atoms with van der Waals surface area (Å²) in [6.45, 7) is 4.74. The number of aryl methyl sites for hydroxylation is 1. The zero-order valence-corrected chi connectivity index (χ0v) is 24.1. The largest absolute Gasteiger partial charge is 0.490 e. The van der Waals surface area contributed by atoms with Crippen LogP contribution in [0.15, 0.2) is 91.6 Å². The number of rotatable bonds is 8. The fraction of sp³-hybridized carbons (Fsp3) is 0.167. The van der Waals surface area contributed by atoms with Gasteiger partial charge in [-0.2, -0.15) is 9.78 Å². The number of ether oxygens (including phenoxy) is 2. The average Bonchev–Trinajstić information content (AvgIpc) is 2.92. The Labute approximate surface area is 237 Å². The van der Waals surface area contributed by atoms with Crippen LogP contribution in [0.25, 0.3) is 21.7 Å². The molecular formula is C30H25Br2N3O3. The maximum atomic E-state index is 13.2. The van der Waals surface area contributed by atoms with E-state index < -0.39 is 0 Å². The molecule has 0 aliphatic heterocycles. The topological polar surface area (TPSA) is 65.7 Å². The predicted molar refractivity (Wildman–Crippen MR) is 160 cm³/mol. The van der Waals surface area contributed by atoms with Crippen LogP contribution in [0.2, 0.25) is 0 Å². The molecular weight excluding hydrogens is 610 g/mol. The number of hydrogen-bond donors (Lipinski definition) is 0. The van der Waals surface area contributed by atoms with E-state index in [1.807, 2.05) is 56.3 Å². The molecule has 0 aliphatic rings. The first-order valence-corrected chi connectivity index (χ1v) is 13.9. The molecule has 192 valence electrons. The van der Waals surface area contributed by atoms with Gasteiger partial charge in [-0.05, 0) is 75.1 Å². The van der Waals surface area contributed by atoms with Crippen LogP contribution in [0.5, 0.6) is 11.5 Å². The molecule has 0 radical (unpaired) electrons. The summed E-state index contributed by atoms with van der Waals surface area (Å²) in [7, 11) is 0. The number of nitrogens with zero attached hydrogens (tertiary/aromatic N) is 3. The second kappa shape index (κ2) is 11.5. The summed E-state index contributed by atoms with van der Waals surface area (Å²) in [6.07, 6.45) is 2.20. The van der Waals surface area contributed by atoms with Gasteiger partial charge in [0, 0.05) is 10.9 Å². The second-order valence-electron chi connectivity index (χ2n) is 8.59. The lowest BCUT2D eigenvalue weighted by Crippen LogP contribution is -2.22. The SMILES string of the molecule is CCOc1cc(C=Nn2c(CC)nc3ccc(Br)cc3c2=O)cc(Br)c1OCc1cccc2ccccc12. The standard InChI is InChI=1S/C30H25Br2N3O3/c1-3-28-34-26-13-12-22(31)16-24(26)30(36)35(28)33-17-19-14-25(32)29(27(15-19)37-4-2)38-18-21-10-7-9-20-8-5-6-11-23(20)21/h5-17H,3-4,18H2,1-2H3. The predicted octanol–water partition coefficient (Wildman–Crippen LogP) is 7.50. The molecule has 0 unspecified atom stereocenters. The van der Waals surface area contributed by atoms with Crippen LogP contribution < -0.4 is 15.0 Å². The van der Waals surface area contributed by atoms with Crippen molar-refractivity contribution in [2.45, 2.75) is 26.9 Å². The highest BCUT2D eigenvalue weighted by atomic mass is 79.9. The molecule has 1 aromatic heterocycles. The number of hydrogen-bond acceptors (Lipinski definition) is 5. The molecule has 0 N–H and O–H groups in total. The van der Waals surface area contributed by atoms with Crippen LogP contribution in [-0.2, 0) is 13.0 Å². The lowest BCUT2D eigenvalue weighted by molar-refractivity contribution is 0.268. The van der Waals surface area contributed by atoms with Crippen LogP contribution in [-0.4, -0.2) is 22.5 Å². The molecule has 38 heavy (non-hydrogen) atoms. The Kier molecular flexibility index (Phi) is 7.90. The zero-order valence-electron chi connectivity index (χ0n) is 20.9. The van der Waals surface area contributed by atoms with Gasteiger partial charge in [0.05, 0.1) is 28.2 Å². The highest BCUT2D eigenvalue weighted by Crippen LogP contribution is 2.37. The normalized spacial score (nSPS) is 11.5. The van der Waals surface area contributed by atoms with E-state index in [1.54, 1.807) is 12.3 Å². The Bertz CT molecular complexity index is 1730. The molecule has 5 rings (SSSR count). The van der Waals surface area contributed by atoms with Gasteiger partial charge in [-0.15, -0.1) is 0 Å². The number of fused-ring (bicyclic) bond motifs is 2. The van der Waals surface area contributed by atoms with E-state index in [9.17, 15) is 4.79 Å². The van der Waals surface area contributed by atoms with Gasteiger partial charge in [-0.1, -0.05) is 65.3 Å². The smallest absolute Gasteiger partial charge is 0.282 e. The molecule has 0 bridgehead atoms. The minimum atomic E-state index is -0.219. The van der Waals surface area contributed by atoms with Crippen molar-refractivity contribution in [3.63, 3.8) is 0 Å². The van der Waals surface area contributed by atoms with Crippen molar-refractivity contribution in [2.24, 2.45) is 5.10 Å².